The summed E-state index contributed by atoms with van der Waals surface area (Å²) >= 11 is 0. The van der Waals surface area contributed by atoms with Gasteiger partial charge in [0.15, 0.2) is 0 Å². The first-order valence-corrected chi connectivity index (χ1v) is 7.81. The number of rotatable bonds is 5. The van der Waals surface area contributed by atoms with E-state index in [1.807, 2.05) is 6.07 Å². The van der Waals surface area contributed by atoms with Gasteiger partial charge in [-0.1, -0.05) is 0 Å². The normalized spacial score (nSPS) is 11.4. The number of hydrogen-bond donors (Lipinski definition) is 2. The van der Waals surface area contributed by atoms with Gasteiger partial charge in [-0.25, -0.2) is 22.3 Å². The van der Waals surface area contributed by atoms with E-state index < -0.39 is 28.3 Å². The van der Waals surface area contributed by atoms with Gasteiger partial charge in [-0.3, -0.25) is 0 Å². The maximum Gasteiger partial charge on any atom is 0.238 e. The lowest BCUT2D eigenvalue weighted by Gasteiger charge is -2.11. The van der Waals surface area contributed by atoms with Crippen LogP contribution in [0.5, 0.6) is 0 Å². The average molecular weight is 325 g/mol. The molecule has 0 bridgehead atoms. The second kappa shape index (κ2) is 6.25. The molecule has 116 valence electrons. The maximum atomic E-state index is 13.2. The standard InChI is InChI=1S/C14H13F2N3O2S/c15-7-9-6-14(22(18,20)21)10(8-16)5-12(9)13-2-1-11(19-13)3-4-17/h1-2,5-6,19H,3,7-8H2,(H2,18,20,21). The summed E-state index contributed by atoms with van der Waals surface area (Å²) in [6, 6.07) is 7.56. The highest BCUT2D eigenvalue weighted by atomic mass is 32.2. The average Bonchev–Trinajstić information content (AvgIpc) is 2.93. The molecule has 8 heteroatoms. The van der Waals surface area contributed by atoms with E-state index in [-0.39, 0.29) is 17.5 Å². The third-order valence-electron chi connectivity index (χ3n) is 3.19. The van der Waals surface area contributed by atoms with Crippen molar-refractivity contribution < 1.29 is 17.2 Å². The van der Waals surface area contributed by atoms with Gasteiger partial charge in [0.05, 0.1) is 17.4 Å². The zero-order valence-corrected chi connectivity index (χ0v) is 12.3. The van der Waals surface area contributed by atoms with Gasteiger partial charge >= 0.3 is 0 Å². The number of aromatic amines is 1. The number of benzene rings is 1. The monoisotopic (exact) mass is 325 g/mol. The van der Waals surface area contributed by atoms with Crippen molar-refractivity contribution in [3.63, 3.8) is 0 Å². The topological polar surface area (TPSA) is 99.7 Å². The summed E-state index contributed by atoms with van der Waals surface area (Å²) in [6.45, 7) is -1.98. The zero-order valence-electron chi connectivity index (χ0n) is 11.4. The van der Waals surface area contributed by atoms with E-state index in [0.717, 1.165) is 6.07 Å². The minimum absolute atomic E-state index is 0.0755. The highest BCUT2D eigenvalue weighted by molar-refractivity contribution is 7.89. The molecule has 2 rings (SSSR count). The molecule has 0 saturated carbocycles. The molecule has 0 saturated heterocycles. The van der Waals surface area contributed by atoms with Crippen LogP contribution in [0.4, 0.5) is 8.78 Å². The Balaban J connectivity index is 2.63. The fourth-order valence-corrected chi connectivity index (χ4v) is 2.97. The molecule has 0 aliphatic rings. The number of H-pyrrole nitrogens is 1. The Morgan fingerprint density at radius 2 is 1.86 bits per heavy atom. The Morgan fingerprint density at radius 1 is 1.18 bits per heavy atom. The number of nitriles is 1. The molecule has 0 aliphatic carbocycles. The van der Waals surface area contributed by atoms with Gasteiger partial charge in [0.2, 0.25) is 10.0 Å². The first kappa shape index (κ1) is 16.1. The second-order valence-corrected chi connectivity index (χ2v) is 6.19. The summed E-state index contributed by atoms with van der Waals surface area (Å²) in [4.78, 5) is 2.50. The number of nitrogens with zero attached hydrogens (tertiary/aromatic N) is 1. The van der Waals surface area contributed by atoms with Crippen molar-refractivity contribution in [2.45, 2.75) is 24.7 Å². The van der Waals surface area contributed by atoms with Crippen molar-refractivity contribution in [2.75, 3.05) is 0 Å². The van der Waals surface area contributed by atoms with Gasteiger partial charge in [0.25, 0.3) is 0 Å². The summed E-state index contributed by atoms with van der Waals surface area (Å²) in [5.74, 6) is 0. The molecule has 1 heterocycles. The largest absolute Gasteiger partial charge is 0.358 e. The molecule has 2 aromatic rings. The molecule has 22 heavy (non-hydrogen) atoms. The Labute approximate surface area is 126 Å². The molecular weight excluding hydrogens is 312 g/mol. The minimum Gasteiger partial charge on any atom is -0.358 e. The van der Waals surface area contributed by atoms with Crippen LogP contribution in [-0.2, 0) is 29.8 Å². The highest BCUT2D eigenvalue weighted by Crippen LogP contribution is 2.30. The van der Waals surface area contributed by atoms with Crippen molar-refractivity contribution in [1.82, 2.24) is 4.98 Å². The van der Waals surface area contributed by atoms with Crippen LogP contribution >= 0.6 is 0 Å². The van der Waals surface area contributed by atoms with Crippen LogP contribution in [0.25, 0.3) is 11.3 Å². The molecule has 3 N–H and O–H groups in total. The first-order chi connectivity index (χ1) is 10.4. The molecule has 0 radical (unpaired) electrons. The van der Waals surface area contributed by atoms with Crippen LogP contribution in [0.3, 0.4) is 0 Å². The molecule has 0 fully saturated rings. The van der Waals surface area contributed by atoms with E-state index in [1.165, 1.54) is 6.07 Å². The number of sulfonamides is 1. The first-order valence-electron chi connectivity index (χ1n) is 6.26. The third kappa shape index (κ3) is 3.16. The Morgan fingerprint density at radius 3 is 2.41 bits per heavy atom. The predicted octanol–water partition coefficient (Wildman–Crippen LogP) is 2.33. The smallest absolute Gasteiger partial charge is 0.238 e. The van der Waals surface area contributed by atoms with E-state index >= 15 is 0 Å². The van der Waals surface area contributed by atoms with E-state index in [9.17, 15) is 17.2 Å². The molecule has 1 aromatic carbocycles. The summed E-state index contributed by atoms with van der Waals surface area (Å²) in [6.07, 6.45) is 0.149. The lowest BCUT2D eigenvalue weighted by Crippen LogP contribution is -2.15. The quantitative estimate of drug-likeness (QED) is 0.882. The molecule has 1 aromatic heterocycles. The molecular formula is C14H13F2N3O2S. The second-order valence-electron chi connectivity index (χ2n) is 4.66. The van der Waals surface area contributed by atoms with Crippen molar-refractivity contribution in [2.24, 2.45) is 5.14 Å². The van der Waals surface area contributed by atoms with E-state index in [0.29, 0.717) is 17.0 Å². The lowest BCUT2D eigenvalue weighted by atomic mass is 10.0. The third-order valence-corrected chi connectivity index (χ3v) is 4.18. The van der Waals surface area contributed by atoms with Crippen LogP contribution in [0, 0.1) is 11.3 Å². The lowest BCUT2D eigenvalue weighted by molar-refractivity contribution is 0.473. The van der Waals surface area contributed by atoms with Gasteiger partial charge in [-0.05, 0) is 29.8 Å². The van der Waals surface area contributed by atoms with Gasteiger partial charge in [0, 0.05) is 22.5 Å². The van der Waals surface area contributed by atoms with Crippen molar-refractivity contribution in [3.8, 4) is 17.3 Å². The van der Waals surface area contributed by atoms with E-state index in [4.69, 9.17) is 10.4 Å². The molecule has 0 spiro atoms. The van der Waals surface area contributed by atoms with E-state index in [2.05, 4.69) is 4.98 Å². The number of nitrogens with one attached hydrogen (secondary N) is 1. The summed E-state index contributed by atoms with van der Waals surface area (Å²) in [5, 5.41) is 13.7. The molecule has 0 amide bonds. The summed E-state index contributed by atoms with van der Waals surface area (Å²) in [7, 11) is -4.14. The Hall–Kier alpha value is -2.24. The van der Waals surface area contributed by atoms with E-state index in [1.54, 1.807) is 12.1 Å². The number of alkyl halides is 2. The zero-order chi connectivity index (χ0) is 16.3. The Bertz CT molecular complexity index is 838. The molecule has 5 nitrogen and oxygen atoms in total. The predicted molar refractivity (Wildman–Crippen MR) is 76.5 cm³/mol. The number of hydrogen-bond acceptors (Lipinski definition) is 3. The minimum atomic E-state index is -4.14. The van der Waals surface area contributed by atoms with Crippen molar-refractivity contribution >= 4 is 10.0 Å². The molecule has 0 aliphatic heterocycles. The van der Waals surface area contributed by atoms with Crippen molar-refractivity contribution in [1.29, 1.82) is 5.26 Å². The van der Waals surface area contributed by atoms with Crippen LogP contribution in [0.2, 0.25) is 0 Å². The number of primary sulfonamides is 1. The number of aromatic nitrogens is 1. The number of nitrogens with two attached hydrogens (primary N) is 1. The van der Waals surface area contributed by atoms with Gasteiger partial charge in [0.1, 0.15) is 13.3 Å². The van der Waals surface area contributed by atoms with Crippen LogP contribution in [0.1, 0.15) is 16.8 Å². The maximum absolute atomic E-state index is 13.2. The highest BCUT2D eigenvalue weighted by Gasteiger charge is 2.19. The fourth-order valence-electron chi connectivity index (χ4n) is 2.18. The Kier molecular flexibility index (Phi) is 4.59. The van der Waals surface area contributed by atoms with Gasteiger partial charge in [-0.2, -0.15) is 5.26 Å². The van der Waals surface area contributed by atoms with Crippen LogP contribution in [-0.4, -0.2) is 13.4 Å². The van der Waals surface area contributed by atoms with Crippen LogP contribution in [0.15, 0.2) is 29.2 Å². The number of halogens is 2. The van der Waals surface area contributed by atoms with Crippen molar-refractivity contribution in [3.05, 3.63) is 41.1 Å². The molecule has 0 atom stereocenters. The SMILES string of the molecule is N#CCc1ccc(-c2cc(CF)c(S(N)(=O)=O)cc2CF)[nH]1. The van der Waals surface area contributed by atoms with Gasteiger partial charge in [-0.15, -0.1) is 0 Å². The fraction of sp³-hybridized carbons (Fsp3) is 0.214. The summed E-state index contributed by atoms with van der Waals surface area (Å²) in [5.41, 5.74) is 1.39. The summed E-state index contributed by atoms with van der Waals surface area (Å²) < 4.78 is 49.3. The van der Waals surface area contributed by atoms with Crippen LogP contribution < -0.4 is 5.14 Å². The van der Waals surface area contributed by atoms with Gasteiger partial charge < -0.3 is 4.98 Å². The molecule has 0 unspecified atom stereocenters.